The Labute approximate surface area is 169 Å². The second kappa shape index (κ2) is 7.03. The number of carbonyl (C=O) groups is 1. The number of nitrogens with zero attached hydrogens (tertiary/aromatic N) is 1. The largest absolute Gasteiger partial charge is 0.456 e. The molecule has 2 aliphatic rings. The van der Waals surface area contributed by atoms with Crippen LogP contribution in [0, 0.1) is 5.82 Å². The molecule has 0 saturated heterocycles. The molecular formula is C22H23ClFNO3. The van der Waals surface area contributed by atoms with E-state index >= 15 is 0 Å². The van der Waals surface area contributed by atoms with Crippen LogP contribution in [-0.4, -0.2) is 16.6 Å². The van der Waals surface area contributed by atoms with E-state index in [1.54, 1.807) is 27.0 Å². The molecule has 0 bridgehead atoms. The summed E-state index contributed by atoms with van der Waals surface area (Å²) in [5, 5.41) is 0.140. The summed E-state index contributed by atoms with van der Waals surface area (Å²) in [6.45, 7) is 5.16. The van der Waals surface area contributed by atoms with Crippen molar-refractivity contribution in [2.45, 2.75) is 63.9 Å². The summed E-state index contributed by atoms with van der Waals surface area (Å²) in [6, 6.07) is 4.36. The molecule has 2 aliphatic carbocycles. The highest BCUT2D eigenvalue weighted by Crippen LogP contribution is 2.49. The van der Waals surface area contributed by atoms with Gasteiger partial charge in [0.25, 0.3) is 0 Å². The van der Waals surface area contributed by atoms with Crippen LogP contribution in [0.25, 0.3) is 0 Å². The smallest absolute Gasteiger partial charge is 0.341 e. The molecule has 0 aliphatic heterocycles. The van der Waals surface area contributed by atoms with Crippen molar-refractivity contribution in [2.75, 3.05) is 0 Å². The number of aromatic nitrogens is 1. The Bertz CT molecular complexity index is 930. The van der Waals surface area contributed by atoms with Crippen molar-refractivity contribution >= 4 is 17.6 Å². The van der Waals surface area contributed by atoms with Gasteiger partial charge >= 0.3 is 5.97 Å². The monoisotopic (exact) mass is 403 g/mol. The van der Waals surface area contributed by atoms with E-state index in [4.69, 9.17) is 21.1 Å². The maximum Gasteiger partial charge on any atom is 0.341 e. The summed E-state index contributed by atoms with van der Waals surface area (Å²) in [5.74, 6) is 0.294. The molecular weight excluding hydrogens is 381 g/mol. The van der Waals surface area contributed by atoms with E-state index in [1.165, 1.54) is 43.0 Å². The van der Waals surface area contributed by atoms with Crippen LogP contribution in [0.15, 0.2) is 24.4 Å². The molecule has 1 aromatic heterocycles. The van der Waals surface area contributed by atoms with Crippen molar-refractivity contribution in [3.8, 4) is 11.5 Å². The average Bonchev–Trinajstić information content (AvgIpc) is 3.48. The molecule has 4 rings (SSSR count). The van der Waals surface area contributed by atoms with Gasteiger partial charge in [0.1, 0.15) is 22.9 Å². The number of hydrogen-bond donors (Lipinski definition) is 0. The highest BCUT2D eigenvalue weighted by molar-refractivity contribution is 6.32. The molecule has 0 unspecified atom stereocenters. The van der Waals surface area contributed by atoms with E-state index in [9.17, 15) is 9.18 Å². The maximum atomic E-state index is 14.5. The summed E-state index contributed by atoms with van der Waals surface area (Å²) in [7, 11) is 0. The van der Waals surface area contributed by atoms with Gasteiger partial charge in [-0.15, -0.1) is 0 Å². The maximum absolute atomic E-state index is 14.5. The summed E-state index contributed by atoms with van der Waals surface area (Å²) >= 11 is 6.25. The lowest BCUT2D eigenvalue weighted by atomic mass is 10.1. The molecule has 0 N–H and O–H groups in total. The second-order valence-corrected chi connectivity index (χ2v) is 8.97. The Morgan fingerprint density at radius 1 is 1.14 bits per heavy atom. The topological polar surface area (TPSA) is 48.4 Å². The second-order valence-electron chi connectivity index (χ2n) is 8.56. The van der Waals surface area contributed by atoms with E-state index in [0.717, 1.165) is 6.07 Å². The Morgan fingerprint density at radius 2 is 1.82 bits per heavy atom. The molecule has 0 spiro atoms. The van der Waals surface area contributed by atoms with Crippen molar-refractivity contribution in [1.29, 1.82) is 0 Å². The Kier molecular flexibility index (Phi) is 4.82. The fourth-order valence-corrected chi connectivity index (χ4v) is 3.37. The first-order chi connectivity index (χ1) is 13.2. The molecule has 0 atom stereocenters. The van der Waals surface area contributed by atoms with E-state index in [1.807, 2.05) is 6.07 Å². The van der Waals surface area contributed by atoms with Crippen LogP contribution in [-0.2, 0) is 4.74 Å². The zero-order valence-corrected chi connectivity index (χ0v) is 17.0. The normalized spacial score (nSPS) is 16.8. The highest BCUT2D eigenvalue weighted by Gasteiger charge is 2.34. The van der Waals surface area contributed by atoms with Crippen LogP contribution in [0.5, 0.6) is 11.5 Å². The zero-order valence-electron chi connectivity index (χ0n) is 16.2. The molecule has 4 nitrogen and oxygen atoms in total. The Balaban J connectivity index is 1.58. The lowest BCUT2D eigenvalue weighted by Crippen LogP contribution is -2.24. The van der Waals surface area contributed by atoms with Gasteiger partial charge in [0.05, 0.1) is 16.8 Å². The number of pyridine rings is 1. The number of ether oxygens (including phenoxy) is 2. The van der Waals surface area contributed by atoms with Gasteiger partial charge in [0.15, 0.2) is 0 Å². The predicted octanol–water partition coefficient (Wildman–Crippen LogP) is 6.38. The predicted molar refractivity (Wildman–Crippen MR) is 105 cm³/mol. The van der Waals surface area contributed by atoms with Crippen LogP contribution in [0.2, 0.25) is 5.02 Å². The molecule has 2 saturated carbocycles. The van der Waals surface area contributed by atoms with Gasteiger partial charge in [-0.05, 0) is 70.1 Å². The molecule has 0 amide bonds. The summed E-state index contributed by atoms with van der Waals surface area (Å²) in [5.41, 5.74) is 1.47. The highest BCUT2D eigenvalue weighted by atomic mass is 35.5. The molecule has 6 heteroatoms. The number of benzene rings is 1. The van der Waals surface area contributed by atoms with Gasteiger partial charge in [0, 0.05) is 17.7 Å². The molecule has 1 aromatic carbocycles. The quantitative estimate of drug-likeness (QED) is 0.543. The summed E-state index contributed by atoms with van der Waals surface area (Å²) < 4.78 is 25.5. The molecule has 1 heterocycles. The van der Waals surface area contributed by atoms with E-state index in [2.05, 4.69) is 4.98 Å². The van der Waals surface area contributed by atoms with Crippen LogP contribution in [0.4, 0.5) is 4.39 Å². The fraction of sp³-hybridized carbons (Fsp3) is 0.455. The third-order valence-electron chi connectivity index (χ3n) is 4.77. The van der Waals surface area contributed by atoms with Gasteiger partial charge in [-0.3, -0.25) is 4.98 Å². The molecule has 148 valence electrons. The van der Waals surface area contributed by atoms with Crippen molar-refractivity contribution in [2.24, 2.45) is 0 Å². The summed E-state index contributed by atoms with van der Waals surface area (Å²) in [6.07, 6.45) is 6.39. The minimum Gasteiger partial charge on any atom is -0.456 e. The third-order valence-corrected chi connectivity index (χ3v) is 5.07. The standard InChI is InChI=1S/C22H23ClFNO3/c1-22(2,3)28-21(26)16-9-17(23)19(10-18(16)24)27-14-8-15(12-4-5-12)20(25-11-14)13-6-7-13/h8-13H,4-7H2,1-3H3. The number of hydrogen-bond acceptors (Lipinski definition) is 4. The van der Waals surface area contributed by atoms with Crippen molar-refractivity contribution in [1.82, 2.24) is 4.98 Å². The Hall–Kier alpha value is -2.14. The lowest BCUT2D eigenvalue weighted by molar-refractivity contribution is 0.00647. The fourth-order valence-electron chi connectivity index (χ4n) is 3.17. The van der Waals surface area contributed by atoms with Crippen LogP contribution < -0.4 is 4.74 Å². The molecule has 28 heavy (non-hydrogen) atoms. The van der Waals surface area contributed by atoms with Crippen LogP contribution in [0.1, 0.15) is 79.9 Å². The molecule has 0 radical (unpaired) electrons. The first kappa shape index (κ1) is 19.2. The number of rotatable bonds is 5. The minimum atomic E-state index is -0.759. The van der Waals surface area contributed by atoms with Crippen molar-refractivity contribution < 1.29 is 18.7 Å². The van der Waals surface area contributed by atoms with Gasteiger partial charge in [-0.2, -0.15) is 0 Å². The van der Waals surface area contributed by atoms with E-state index in [0.29, 0.717) is 17.6 Å². The third kappa shape index (κ3) is 4.30. The van der Waals surface area contributed by atoms with Gasteiger partial charge in [0.2, 0.25) is 0 Å². The van der Waals surface area contributed by atoms with Crippen LogP contribution in [0.3, 0.4) is 0 Å². The molecule has 2 aromatic rings. The zero-order chi connectivity index (χ0) is 20.1. The number of halogens is 2. The van der Waals surface area contributed by atoms with E-state index in [-0.39, 0.29) is 16.3 Å². The van der Waals surface area contributed by atoms with Crippen molar-refractivity contribution in [3.05, 3.63) is 52.1 Å². The Morgan fingerprint density at radius 3 is 2.43 bits per heavy atom. The van der Waals surface area contributed by atoms with Gasteiger partial charge in [-0.1, -0.05) is 11.6 Å². The van der Waals surface area contributed by atoms with Crippen LogP contribution >= 0.6 is 11.6 Å². The average molecular weight is 404 g/mol. The minimum absolute atomic E-state index is 0.140. The first-order valence-electron chi connectivity index (χ1n) is 9.61. The summed E-state index contributed by atoms with van der Waals surface area (Å²) in [4.78, 5) is 16.8. The van der Waals surface area contributed by atoms with E-state index < -0.39 is 17.4 Å². The molecule has 2 fully saturated rings. The van der Waals surface area contributed by atoms with Gasteiger partial charge in [-0.25, -0.2) is 9.18 Å². The SMILES string of the molecule is CC(C)(C)OC(=O)c1cc(Cl)c(Oc2cnc(C3CC3)c(C3CC3)c2)cc1F. The number of carbonyl (C=O) groups excluding carboxylic acids is 1. The lowest BCUT2D eigenvalue weighted by Gasteiger charge is -2.20. The number of esters is 1. The van der Waals surface area contributed by atoms with Gasteiger partial charge < -0.3 is 9.47 Å². The first-order valence-corrected chi connectivity index (χ1v) is 9.99. The van der Waals surface area contributed by atoms with Crippen molar-refractivity contribution in [3.63, 3.8) is 0 Å².